The van der Waals surface area contributed by atoms with Gasteiger partial charge in [0.2, 0.25) is 0 Å². The Morgan fingerprint density at radius 2 is 1.78 bits per heavy atom. The molecular weight excluding hydrogens is 342 g/mol. The van der Waals surface area contributed by atoms with E-state index in [1.165, 1.54) is 7.11 Å². The number of carbonyl (C=O) groups is 1. The van der Waals surface area contributed by atoms with Gasteiger partial charge in [0.25, 0.3) is 0 Å². The summed E-state index contributed by atoms with van der Waals surface area (Å²) in [4.78, 5) is 11.9. The highest BCUT2D eigenvalue weighted by atomic mass is 16.6. The smallest absolute Gasteiger partial charge is 0.311 e. The maximum atomic E-state index is 11.9. The van der Waals surface area contributed by atoms with Crippen molar-refractivity contribution in [1.82, 2.24) is 0 Å². The number of hydrogen-bond acceptors (Lipinski definition) is 5. The molecule has 140 valence electrons. The van der Waals surface area contributed by atoms with E-state index >= 15 is 0 Å². The molecule has 0 aliphatic rings. The molecule has 0 bridgehead atoms. The molecule has 2 aromatic carbocycles. The number of ether oxygens (including phenoxy) is 3. The van der Waals surface area contributed by atoms with Crippen LogP contribution in [0.3, 0.4) is 0 Å². The number of nitriles is 1. The molecule has 0 saturated carbocycles. The maximum absolute atomic E-state index is 11.9. The minimum atomic E-state index is -0.307. The molecule has 0 aromatic heterocycles. The lowest BCUT2D eigenvalue weighted by atomic mass is 10.0. The summed E-state index contributed by atoms with van der Waals surface area (Å²) >= 11 is 0. The SMILES string of the molecule is COc1cc(/C=C(/C#N)c2ccccc2OC)ccc1OC(=O)CC(C)C. The van der Waals surface area contributed by atoms with Crippen molar-refractivity contribution in [3.8, 4) is 23.3 Å². The Labute approximate surface area is 159 Å². The predicted octanol–water partition coefficient (Wildman–Crippen LogP) is 4.72. The molecule has 0 aliphatic carbocycles. The second-order valence-electron chi connectivity index (χ2n) is 6.35. The average Bonchev–Trinajstić information content (AvgIpc) is 2.66. The number of methoxy groups -OCH3 is 2. The zero-order chi connectivity index (χ0) is 19.8. The molecule has 0 saturated heterocycles. The summed E-state index contributed by atoms with van der Waals surface area (Å²) < 4.78 is 16.1. The molecule has 0 unspecified atom stereocenters. The molecule has 2 rings (SSSR count). The van der Waals surface area contributed by atoms with E-state index in [-0.39, 0.29) is 11.9 Å². The van der Waals surface area contributed by atoms with Gasteiger partial charge in [0, 0.05) is 12.0 Å². The van der Waals surface area contributed by atoms with E-state index in [2.05, 4.69) is 6.07 Å². The van der Waals surface area contributed by atoms with Crippen molar-refractivity contribution < 1.29 is 19.0 Å². The minimum Gasteiger partial charge on any atom is -0.496 e. The summed E-state index contributed by atoms with van der Waals surface area (Å²) in [6, 6.07) is 14.7. The van der Waals surface area contributed by atoms with Crippen molar-refractivity contribution >= 4 is 17.6 Å². The topological polar surface area (TPSA) is 68.6 Å². The molecule has 2 aromatic rings. The van der Waals surface area contributed by atoms with Crippen LogP contribution in [-0.2, 0) is 4.79 Å². The highest BCUT2D eigenvalue weighted by Gasteiger charge is 2.13. The summed E-state index contributed by atoms with van der Waals surface area (Å²) in [5.74, 6) is 1.31. The first-order chi connectivity index (χ1) is 13.0. The number of esters is 1. The number of para-hydroxylation sites is 1. The maximum Gasteiger partial charge on any atom is 0.311 e. The molecular formula is C22H23NO4. The molecule has 5 nitrogen and oxygen atoms in total. The molecule has 27 heavy (non-hydrogen) atoms. The summed E-state index contributed by atoms with van der Waals surface area (Å²) in [5.41, 5.74) is 1.91. The number of carbonyl (C=O) groups excluding carboxylic acids is 1. The largest absolute Gasteiger partial charge is 0.496 e. The Morgan fingerprint density at radius 3 is 2.41 bits per heavy atom. The van der Waals surface area contributed by atoms with Crippen molar-refractivity contribution in [3.05, 3.63) is 53.6 Å². The van der Waals surface area contributed by atoms with Gasteiger partial charge < -0.3 is 14.2 Å². The highest BCUT2D eigenvalue weighted by Crippen LogP contribution is 2.32. The van der Waals surface area contributed by atoms with Crippen molar-refractivity contribution in [3.63, 3.8) is 0 Å². The van der Waals surface area contributed by atoms with Crippen molar-refractivity contribution in [2.24, 2.45) is 5.92 Å². The first-order valence-corrected chi connectivity index (χ1v) is 8.62. The van der Waals surface area contributed by atoms with Crippen molar-refractivity contribution in [2.75, 3.05) is 14.2 Å². The van der Waals surface area contributed by atoms with Gasteiger partial charge in [0.05, 0.1) is 25.9 Å². The van der Waals surface area contributed by atoms with Crippen LogP contribution in [-0.4, -0.2) is 20.2 Å². The van der Waals surface area contributed by atoms with E-state index in [4.69, 9.17) is 14.2 Å². The fourth-order valence-electron chi connectivity index (χ4n) is 2.56. The Kier molecular flexibility index (Phi) is 7.01. The zero-order valence-corrected chi connectivity index (χ0v) is 16.0. The molecule has 0 spiro atoms. The first-order valence-electron chi connectivity index (χ1n) is 8.62. The number of benzene rings is 2. The van der Waals surface area contributed by atoms with Crippen LogP contribution in [0.15, 0.2) is 42.5 Å². The van der Waals surface area contributed by atoms with Crippen LogP contribution in [0.2, 0.25) is 0 Å². The minimum absolute atomic E-state index is 0.213. The van der Waals surface area contributed by atoms with Crippen LogP contribution in [0.5, 0.6) is 17.2 Å². The number of nitrogens with zero attached hydrogens (tertiary/aromatic N) is 1. The van der Waals surface area contributed by atoms with Gasteiger partial charge in [0.1, 0.15) is 5.75 Å². The molecule has 0 atom stereocenters. The van der Waals surface area contributed by atoms with Gasteiger partial charge in [-0.2, -0.15) is 5.26 Å². The third-order valence-corrected chi connectivity index (χ3v) is 3.81. The third kappa shape index (κ3) is 5.35. The van der Waals surface area contributed by atoms with E-state index in [0.29, 0.717) is 34.8 Å². The molecule has 0 N–H and O–H groups in total. The van der Waals surface area contributed by atoms with Crippen LogP contribution < -0.4 is 14.2 Å². The molecule has 0 heterocycles. The average molecular weight is 365 g/mol. The molecule has 0 radical (unpaired) electrons. The van der Waals surface area contributed by atoms with E-state index in [1.807, 2.05) is 32.0 Å². The van der Waals surface area contributed by atoms with Gasteiger partial charge in [-0.3, -0.25) is 4.79 Å². The highest BCUT2D eigenvalue weighted by molar-refractivity contribution is 5.92. The molecule has 0 amide bonds. The normalized spacial score (nSPS) is 11.0. The quantitative estimate of drug-likeness (QED) is 0.307. The van der Waals surface area contributed by atoms with Gasteiger partial charge in [-0.1, -0.05) is 32.0 Å². The van der Waals surface area contributed by atoms with Gasteiger partial charge in [0.15, 0.2) is 11.5 Å². The summed E-state index contributed by atoms with van der Waals surface area (Å²) in [7, 11) is 3.07. The zero-order valence-electron chi connectivity index (χ0n) is 16.0. The predicted molar refractivity (Wildman–Crippen MR) is 105 cm³/mol. The lowest BCUT2D eigenvalue weighted by molar-refractivity contribution is -0.135. The van der Waals surface area contributed by atoms with Gasteiger partial charge >= 0.3 is 5.97 Å². The third-order valence-electron chi connectivity index (χ3n) is 3.81. The first kappa shape index (κ1) is 20.1. The van der Waals surface area contributed by atoms with E-state index in [1.54, 1.807) is 37.5 Å². The van der Waals surface area contributed by atoms with Crippen LogP contribution >= 0.6 is 0 Å². The second kappa shape index (κ2) is 9.44. The number of hydrogen-bond donors (Lipinski definition) is 0. The number of allylic oxidation sites excluding steroid dienone is 1. The van der Waals surface area contributed by atoms with Gasteiger partial charge in [-0.25, -0.2) is 0 Å². The Hall–Kier alpha value is -3.26. The van der Waals surface area contributed by atoms with Gasteiger partial charge in [-0.15, -0.1) is 0 Å². The van der Waals surface area contributed by atoms with Crippen LogP contribution in [0, 0.1) is 17.2 Å². The Morgan fingerprint density at radius 1 is 1.07 bits per heavy atom. The standard InChI is InChI=1S/C22H23NO4/c1-15(2)11-22(24)27-20-10-9-16(13-21(20)26-4)12-17(14-23)18-7-5-6-8-19(18)25-3/h5-10,12-13,15H,11H2,1-4H3/b17-12-. The monoisotopic (exact) mass is 365 g/mol. The van der Waals surface area contributed by atoms with Crippen LogP contribution in [0.25, 0.3) is 11.6 Å². The lowest BCUT2D eigenvalue weighted by Crippen LogP contribution is -2.11. The second-order valence-corrected chi connectivity index (χ2v) is 6.35. The fourth-order valence-corrected chi connectivity index (χ4v) is 2.56. The molecule has 0 fully saturated rings. The molecule has 0 aliphatic heterocycles. The summed E-state index contributed by atoms with van der Waals surface area (Å²) in [5, 5.41) is 9.57. The summed E-state index contributed by atoms with van der Waals surface area (Å²) in [6.07, 6.45) is 2.07. The van der Waals surface area contributed by atoms with Crippen LogP contribution in [0.4, 0.5) is 0 Å². The molecule has 5 heteroatoms. The lowest BCUT2D eigenvalue weighted by Gasteiger charge is -2.11. The van der Waals surface area contributed by atoms with Gasteiger partial charge in [-0.05, 0) is 41.8 Å². The van der Waals surface area contributed by atoms with E-state index in [9.17, 15) is 10.1 Å². The Bertz CT molecular complexity index is 878. The van der Waals surface area contributed by atoms with Crippen molar-refractivity contribution in [1.29, 1.82) is 5.26 Å². The summed E-state index contributed by atoms with van der Waals surface area (Å²) in [6.45, 7) is 3.90. The van der Waals surface area contributed by atoms with E-state index in [0.717, 1.165) is 5.56 Å². The van der Waals surface area contributed by atoms with Crippen LogP contribution in [0.1, 0.15) is 31.4 Å². The fraction of sp³-hybridized carbons (Fsp3) is 0.273. The van der Waals surface area contributed by atoms with Crippen molar-refractivity contribution in [2.45, 2.75) is 20.3 Å². The number of rotatable bonds is 7. The van der Waals surface area contributed by atoms with E-state index < -0.39 is 0 Å². The Balaban J connectivity index is 2.34.